The van der Waals surface area contributed by atoms with Crippen LogP contribution in [-0.2, 0) is 4.79 Å². The Bertz CT molecular complexity index is 717. The molecule has 1 aromatic heterocycles. The number of aromatic nitrogens is 1. The summed E-state index contributed by atoms with van der Waals surface area (Å²) in [6, 6.07) is 2.08. The lowest BCUT2D eigenvalue weighted by molar-refractivity contribution is -0.119. The number of likely N-dealkylation sites (N-methyl/N-ethyl adjacent to an activating group) is 1. The van der Waals surface area contributed by atoms with Crippen molar-refractivity contribution >= 4 is 11.8 Å². The summed E-state index contributed by atoms with van der Waals surface area (Å²) < 4.78 is 5.43. The maximum Gasteiger partial charge on any atom is 0.292 e. The number of nitrogens with zero attached hydrogens (tertiary/aromatic N) is 3. The lowest BCUT2D eigenvalue weighted by Gasteiger charge is -2.43. The van der Waals surface area contributed by atoms with Gasteiger partial charge in [-0.05, 0) is 39.2 Å². The van der Waals surface area contributed by atoms with Gasteiger partial charge >= 0.3 is 0 Å². The molecule has 2 amide bonds. The average molecular weight is 389 g/mol. The van der Waals surface area contributed by atoms with Gasteiger partial charge in [-0.3, -0.25) is 14.5 Å². The Morgan fingerprint density at radius 3 is 2.61 bits per heavy atom. The quantitative estimate of drug-likeness (QED) is 0.861. The lowest BCUT2D eigenvalue weighted by atomic mass is 9.84. The molecule has 2 aliphatic heterocycles. The first-order valence-electron chi connectivity index (χ1n) is 10.7. The van der Waals surface area contributed by atoms with Crippen LogP contribution in [0.25, 0.3) is 0 Å². The van der Waals surface area contributed by atoms with Gasteiger partial charge in [0.05, 0.1) is 5.69 Å². The molecule has 0 radical (unpaired) electrons. The van der Waals surface area contributed by atoms with Gasteiger partial charge in [0.15, 0.2) is 0 Å². The third-order valence-electron chi connectivity index (χ3n) is 7.08. The van der Waals surface area contributed by atoms with E-state index in [4.69, 9.17) is 4.52 Å². The van der Waals surface area contributed by atoms with Crippen LogP contribution in [-0.4, -0.2) is 65.0 Å². The summed E-state index contributed by atoms with van der Waals surface area (Å²) in [5.41, 5.74) is 1.03. The van der Waals surface area contributed by atoms with Crippen LogP contribution in [0.2, 0.25) is 0 Å². The predicted octanol–water partition coefficient (Wildman–Crippen LogP) is 2.54. The zero-order valence-corrected chi connectivity index (χ0v) is 17.1. The van der Waals surface area contributed by atoms with Crippen molar-refractivity contribution in [3.8, 4) is 0 Å². The smallest absolute Gasteiger partial charge is 0.292 e. The van der Waals surface area contributed by atoms with Crippen LogP contribution in [0.3, 0.4) is 0 Å². The number of rotatable bonds is 3. The Morgan fingerprint density at radius 1 is 1.21 bits per heavy atom. The molecule has 1 N–H and O–H groups in total. The van der Waals surface area contributed by atoms with Crippen LogP contribution in [0.4, 0.5) is 0 Å². The molecule has 7 heteroatoms. The Hall–Kier alpha value is -1.89. The second-order valence-corrected chi connectivity index (χ2v) is 8.95. The molecule has 1 saturated carbocycles. The molecule has 1 aliphatic carbocycles. The van der Waals surface area contributed by atoms with Crippen molar-refractivity contribution in [2.24, 2.45) is 0 Å². The summed E-state index contributed by atoms with van der Waals surface area (Å²) in [6.45, 7) is 3.89. The molecule has 3 heterocycles. The Morgan fingerprint density at radius 2 is 1.93 bits per heavy atom. The Kier molecular flexibility index (Phi) is 5.45. The van der Waals surface area contributed by atoms with Crippen LogP contribution in [0.5, 0.6) is 0 Å². The molecule has 154 valence electrons. The monoisotopic (exact) mass is 388 g/mol. The normalized spacial score (nSPS) is 25.9. The minimum atomic E-state index is -0.0385. The number of nitrogens with one attached hydrogen (secondary N) is 1. The van der Waals surface area contributed by atoms with Gasteiger partial charge in [-0.2, -0.15) is 0 Å². The van der Waals surface area contributed by atoms with E-state index in [1.807, 2.05) is 11.0 Å². The molecule has 1 aromatic rings. The summed E-state index contributed by atoms with van der Waals surface area (Å²) in [5, 5.41) is 7.26. The van der Waals surface area contributed by atoms with Gasteiger partial charge in [0.2, 0.25) is 11.7 Å². The molecule has 3 aliphatic rings. The highest BCUT2D eigenvalue weighted by Crippen LogP contribution is 2.38. The van der Waals surface area contributed by atoms with E-state index in [2.05, 4.69) is 22.4 Å². The molecule has 1 atom stereocenters. The Labute approximate surface area is 166 Å². The first kappa shape index (κ1) is 19.4. The van der Waals surface area contributed by atoms with Crippen molar-refractivity contribution in [1.29, 1.82) is 0 Å². The molecule has 4 rings (SSSR count). The fourth-order valence-electron chi connectivity index (χ4n) is 5.44. The molecule has 28 heavy (non-hydrogen) atoms. The molecule has 0 bridgehead atoms. The van der Waals surface area contributed by atoms with E-state index >= 15 is 0 Å². The largest absolute Gasteiger partial charge is 0.352 e. The first-order chi connectivity index (χ1) is 13.5. The number of hydrogen-bond donors (Lipinski definition) is 1. The summed E-state index contributed by atoms with van der Waals surface area (Å²) in [6.07, 6.45) is 8.88. The number of carbonyl (C=O) groups is 2. The van der Waals surface area contributed by atoms with Crippen molar-refractivity contribution in [2.75, 3.05) is 26.7 Å². The maximum absolute atomic E-state index is 12.9. The van der Waals surface area contributed by atoms with Gasteiger partial charge in [0.1, 0.15) is 0 Å². The van der Waals surface area contributed by atoms with E-state index in [1.165, 1.54) is 19.3 Å². The minimum Gasteiger partial charge on any atom is -0.352 e. The van der Waals surface area contributed by atoms with E-state index in [9.17, 15) is 9.59 Å². The third-order valence-corrected chi connectivity index (χ3v) is 7.08. The highest BCUT2D eigenvalue weighted by Gasteiger charge is 2.46. The van der Waals surface area contributed by atoms with E-state index in [1.54, 1.807) is 6.92 Å². The van der Waals surface area contributed by atoms with Gasteiger partial charge in [-0.25, -0.2) is 0 Å². The van der Waals surface area contributed by atoms with Crippen molar-refractivity contribution in [1.82, 2.24) is 20.3 Å². The molecule has 2 saturated heterocycles. The Balaban J connectivity index is 1.35. The van der Waals surface area contributed by atoms with Gasteiger partial charge in [0, 0.05) is 50.1 Å². The zero-order chi connectivity index (χ0) is 19.7. The predicted molar refractivity (Wildman–Crippen MR) is 105 cm³/mol. The van der Waals surface area contributed by atoms with Crippen molar-refractivity contribution in [2.45, 2.75) is 75.8 Å². The fraction of sp³-hybridized carbons (Fsp3) is 0.762. The van der Waals surface area contributed by atoms with Crippen molar-refractivity contribution in [3.63, 3.8) is 0 Å². The van der Waals surface area contributed by atoms with E-state index in [0.717, 1.165) is 57.4 Å². The third kappa shape index (κ3) is 3.81. The van der Waals surface area contributed by atoms with Gasteiger partial charge in [-0.15, -0.1) is 0 Å². The highest BCUT2D eigenvalue weighted by molar-refractivity contribution is 5.91. The number of amides is 2. The van der Waals surface area contributed by atoms with Crippen LogP contribution >= 0.6 is 0 Å². The summed E-state index contributed by atoms with van der Waals surface area (Å²) >= 11 is 0. The van der Waals surface area contributed by atoms with E-state index in [-0.39, 0.29) is 23.4 Å². The molecular formula is C21H32N4O3. The summed E-state index contributed by atoms with van der Waals surface area (Å²) in [4.78, 5) is 28.6. The van der Waals surface area contributed by atoms with Crippen LogP contribution in [0.1, 0.15) is 80.5 Å². The number of likely N-dealkylation sites (tertiary alicyclic amines) is 2. The summed E-state index contributed by atoms with van der Waals surface area (Å²) in [5.74, 6) is 0.819. The maximum atomic E-state index is 12.9. The number of carbonyl (C=O) groups excluding carboxylic acids is 2. The molecule has 3 fully saturated rings. The molecular weight excluding hydrogens is 356 g/mol. The average Bonchev–Trinajstić information content (AvgIpc) is 3.28. The topological polar surface area (TPSA) is 78.7 Å². The minimum absolute atomic E-state index is 0.0298. The SMILES string of the molecule is CC(=O)N[C@H]1CN(C)C2(CCN(C(=O)c3cc(C4CCCCC4)no3)CC2)C1. The molecule has 1 spiro atoms. The molecule has 0 unspecified atom stereocenters. The van der Waals surface area contributed by atoms with Gasteiger partial charge < -0.3 is 14.7 Å². The van der Waals surface area contributed by atoms with E-state index in [0.29, 0.717) is 11.7 Å². The van der Waals surface area contributed by atoms with Gasteiger partial charge in [-0.1, -0.05) is 24.4 Å². The highest BCUT2D eigenvalue weighted by atomic mass is 16.5. The van der Waals surface area contributed by atoms with Crippen LogP contribution in [0.15, 0.2) is 10.6 Å². The molecule has 0 aromatic carbocycles. The number of piperidine rings is 1. The van der Waals surface area contributed by atoms with Crippen molar-refractivity contribution in [3.05, 3.63) is 17.5 Å². The lowest BCUT2D eigenvalue weighted by Crippen LogP contribution is -2.52. The zero-order valence-electron chi connectivity index (χ0n) is 17.1. The standard InChI is InChI=1S/C21H32N4O3/c1-15(26)22-17-13-21(24(2)14-17)8-10-25(11-9-21)20(27)19-12-18(23-28-19)16-6-4-3-5-7-16/h12,16-17H,3-11,13-14H2,1-2H3,(H,22,26)/t17-/m1/s1. The molecule has 7 nitrogen and oxygen atoms in total. The second kappa shape index (κ2) is 7.85. The van der Waals surface area contributed by atoms with E-state index < -0.39 is 0 Å². The van der Waals surface area contributed by atoms with Crippen LogP contribution in [0, 0.1) is 0 Å². The number of hydrogen-bond acceptors (Lipinski definition) is 5. The van der Waals surface area contributed by atoms with Crippen LogP contribution < -0.4 is 5.32 Å². The fourth-order valence-corrected chi connectivity index (χ4v) is 5.44. The second-order valence-electron chi connectivity index (χ2n) is 8.95. The van der Waals surface area contributed by atoms with Crippen molar-refractivity contribution < 1.29 is 14.1 Å². The van der Waals surface area contributed by atoms with Gasteiger partial charge in [0.25, 0.3) is 5.91 Å². The first-order valence-corrected chi connectivity index (χ1v) is 10.7. The summed E-state index contributed by atoms with van der Waals surface area (Å²) in [7, 11) is 2.13.